The molecule has 0 aromatic rings. The summed E-state index contributed by atoms with van der Waals surface area (Å²) in [6.07, 6.45) is 91.9. The van der Waals surface area contributed by atoms with Crippen molar-refractivity contribution in [2.45, 2.75) is 316 Å². The Bertz CT molecular complexity index is 2680. The third-order valence-electron chi connectivity index (χ3n) is 16.2. The van der Waals surface area contributed by atoms with Crippen LogP contribution >= 0.6 is 15.6 Å². The van der Waals surface area contributed by atoms with Gasteiger partial charge in [-0.05, 0) is 167 Å². The second-order valence-electron chi connectivity index (χ2n) is 26.2. The molecular formula is C87H142O17P2. The second kappa shape index (κ2) is 77.6. The van der Waals surface area contributed by atoms with Crippen LogP contribution in [0.2, 0.25) is 0 Å². The van der Waals surface area contributed by atoms with Gasteiger partial charge in [0.2, 0.25) is 0 Å². The molecule has 0 heterocycles. The molecule has 3 N–H and O–H groups in total. The first kappa shape index (κ1) is 100. The molecule has 0 fully saturated rings. The maximum atomic E-state index is 13.1. The Kier molecular flexibility index (Phi) is 73.5. The highest BCUT2D eigenvalue weighted by Gasteiger charge is 2.30. The van der Waals surface area contributed by atoms with Gasteiger partial charge >= 0.3 is 39.5 Å². The molecule has 0 saturated heterocycles. The average molecular weight is 1520 g/mol. The number of ether oxygens (including phenoxy) is 4. The van der Waals surface area contributed by atoms with Gasteiger partial charge in [-0.2, -0.15) is 0 Å². The Morgan fingerprint density at radius 3 is 0.774 bits per heavy atom. The van der Waals surface area contributed by atoms with Gasteiger partial charge in [0.15, 0.2) is 12.2 Å². The van der Waals surface area contributed by atoms with Crippen LogP contribution < -0.4 is 0 Å². The zero-order chi connectivity index (χ0) is 77.4. The smallest absolute Gasteiger partial charge is 0.462 e. The zero-order valence-electron chi connectivity index (χ0n) is 65.8. The predicted octanol–water partition coefficient (Wildman–Crippen LogP) is 23.8. The Morgan fingerprint density at radius 1 is 0.274 bits per heavy atom. The van der Waals surface area contributed by atoms with Gasteiger partial charge < -0.3 is 33.8 Å². The molecule has 0 aliphatic carbocycles. The van der Waals surface area contributed by atoms with Crippen LogP contribution in [0, 0.1) is 0 Å². The molecule has 106 heavy (non-hydrogen) atoms. The third-order valence-corrected chi connectivity index (χ3v) is 18.1. The van der Waals surface area contributed by atoms with Gasteiger partial charge in [-0.1, -0.05) is 275 Å². The van der Waals surface area contributed by atoms with Gasteiger partial charge in [0.1, 0.15) is 19.3 Å². The summed E-state index contributed by atoms with van der Waals surface area (Å²) in [6, 6.07) is 0. The summed E-state index contributed by atoms with van der Waals surface area (Å²) in [5.74, 6) is -2.27. The number of carbonyl (C=O) groups excluding carboxylic acids is 4. The van der Waals surface area contributed by atoms with Crippen molar-refractivity contribution in [2.75, 3.05) is 39.6 Å². The fourth-order valence-corrected chi connectivity index (χ4v) is 11.7. The average Bonchev–Trinajstić information content (AvgIpc) is 0.901. The lowest BCUT2D eigenvalue weighted by Crippen LogP contribution is -2.30. The van der Waals surface area contributed by atoms with Crippen molar-refractivity contribution in [1.82, 2.24) is 0 Å². The SMILES string of the molecule is CC/C=C\C/C=C\C/C=C\C/C=C\C/C=C\CCCCCC(=O)OCC(COP(=O)(O)OCC(O)COP(=O)(O)OCC(COC(=O)CCCCCC/C=C\C/C=C\C/C=C\C/C=C\CC)OC(=O)CCCCCCC/C=C\CCCC)OC(=O)CCCCCCCC/C=C\C/C=C\C/C=C\C/C=C\CC. The zero-order valence-corrected chi connectivity index (χ0v) is 67.6. The van der Waals surface area contributed by atoms with Gasteiger partial charge in [-0.25, -0.2) is 9.13 Å². The lowest BCUT2D eigenvalue weighted by Gasteiger charge is -2.21. The summed E-state index contributed by atoms with van der Waals surface area (Å²) in [4.78, 5) is 73.0. The number of rotatable bonds is 74. The molecule has 5 atom stereocenters. The van der Waals surface area contributed by atoms with Crippen LogP contribution in [-0.2, 0) is 65.4 Å². The Balaban J connectivity index is 5.42. The molecule has 0 aliphatic heterocycles. The number of unbranched alkanes of at least 4 members (excludes halogenated alkanes) is 20. The van der Waals surface area contributed by atoms with E-state index in [0.717, 1.165) is 205 Å². The quantitative estimate of drug-likeness (QED) is 0.0169. The molecule has 0 aliphatic rings. The number of phosphoric acid groups is 2. The summed E-state index contributed by atoms with van der Waals surface area (Å²) >= 11 is 0. The van der Waals surface area contributed by atoms with Crippen molar-refractivity contribution in [1.29, 1.82) is 0 Å². The van der Waals surface area contributed by atoms with E-state index in [1.807, 2.05) is 0 Å². The molecular weight excluding hydrogens is 1380 g/mol. The van der Waals surface area contributed by atoms with Gasteiger partial charge in [-0.15, -0.1) is 0 Å². The first-order valence-corrected chi connectivity index (χ1v) is 43.4. The van der Waals surface area contributed by atoms with Crippen LogP contribution in [0.25, 0.3) is 0 Å². The molecule has 0 rings (SSSR count). The number of allylic oxidation sites excluding steroid dienone is 28. The first-order valence-electron chi connectivity index (χ1n) is 40.4. The van der Waals surface area contributed by atoms with E-state index >= 15 is 0 Å². The van der Waals surface area contributed by atoms with E-state index in [0.29, 0.717) is 25.7 Å². The van der Waals surface area contributed by atoms with E-state index in [1.165, 1.54) is 12.8 Å². The largest absolute Gasteiger partial charge is 0.472 e. The minimum Gasteiger partial charge on any atom is -0.462 e. The summed E-state index contributed by atoms with van der Waals surface area (Å²) in [5.41, 5.74) is 0. The molecule has 0 bridgehead atoms. The number of carbonyl (C=O) groups is 4. The van der Waals surface area contributed by atoms with Crippen LogP contribution in [0.3, 0.4) is 0 Å². The normalized spacial score (nSPS) is 14.7. The highest BCUT2D eigenvalue weighted by atomic mass is 31.2. The fraction of sp³-hybridized carbons (Fsp3) is 0.632. The molecule has 19 heteroatoms. The maximum Gasteiger partial charge on any atom is 0.472 e. The van der Waals surface area contributed by atoms with Gasteiger partial charge in [0.25, 0.3) is 0 Å². The van der Waals surface area contributed by atoms with Crippen molar-refractivity contribution in [2.24, 2.45) is 0 Å². The van der Waals surface area contributed by atoms with Crippen LogP contribution in [0.4, 0.5) is 0 Å². The van der Waals surface area contributed by atoms with Crippen LogP contribution in [-0.4, -0.2) is 96.7 Å². The van der Waals surface area contributed by atoms with Crippen molar-refractivity contribution in [3.8, 4) is 0 Å². The summed E-state index contributed by atoms with van der Waals surface area (Å²) in [6.45, 7) is 4.39. The van der Waals surface area contributed by atoms with Crippen molar-refractivity contribution in [3.63, 3.8) is 0 Å². The third kappa shape index (κ3) is 76.6. The highest BCUT2D eigenvalue weighted by Crippen LogP contribution is 2.45. The van der Waals surface area contributed by atoms with E-state index < -0.39 is 97.5 Å². The molecule has 5 unspecified atom stereocenters. The van der Waals surface area contributed by atoms with Crippen molar-refractivity contribution >= 4 is 39.5 Å². The fourth-order valence-electron chi connectivity index (χ4n) is 10.1. The van der Waals surface area contributed by atoms with E-state index in [-0.39, 0.29) is 25.7 Å². The number of aliphatic hydroxyl groups excluding tert-OH is 1. The molecule has 602 valence electrons. The van der Waals surface area contributed by atoms with Crippen LogP contribution in [0.1, 0.15) is 297 Å². The second-order valence-corrected chi connectivity index (χ2v) is 29.1. The van der Waals surface area contributed by atoms with E-state index in [2.05, 4.69) is 198 Å². The summed E-state index contributed by atoms with van der Waals surface area (Å²) in [7, 11) is -9.99. The molecule has 0 amide bonds. The predicted molar refractivity (Wildman–Crippen MR) is 436 cm³/mol. The topological polar surface area (TPSA) is 237 Å². The van der Waals surface area contributed by atoms with Crippen molar-refractivity contribution < 1.29 is 80.2 Å². The van der Waals surface area contributed by atoms with E-state index in [9.17, 15) is 43.2 Å². The van der Waals surface area contributed by atoms with E-state index in [4.69, 9.17) is 37.0 Å². The Morgan fingerprint density at radius 2 is 0.491 bits per heavy atom. The van der Waals surface area contributed by atoms with Crippen molar-refractivity contribution in [3.05, 3.63) is 170 Å². The highest BCUT2D eigenvalue weighted by molar-refractivity contribution is 7.47. The van der Waals surface area contributed by atoms with Gasteiger partial charge in [0, 0.05) is 25.7 Å². The molecule has 0 saturated carbocycles. The van der Waals surface area contributed by atoms with Gasteiger partial charge in [0.05, 0.1) is 26.4 Å². The Hall–Kier alpha value is -5.58. The van der Waals surface area contributed by atoms with Gasteiger partial charge in [-0.3, -0.25) is 37.3 Å². The lowest BCUT2D eigenvalue weighted by molar-refractivity contribution is -0.161. The van der Waals surface area contributed by atoms with Crippen LogP contribution in [0.15, 0.2) is 170 Å². The lowest BCUT2D eigenvalue weighted by atomic mass is 10.1. The minimum atomic E-state index is -5.00. The molecule has 17 nitrogen and oxygen atoms in total. The molecule has 0 aromatic heterocycles. The minimum absolute atomic E-state index is 0.0643. The number of hydrogen-bond acceptors (Lipinski definition) is 15. The molecule has 0 aromatic carbocycles. The summed E-state index contributed by atoms with van der Waals surface area (Å²) in [5, 5.41) is 10.6. The molecule has 0 radical (unpaired) electrons. The summed E-state index contributed by atoms with van der Waals surface area (Å²) < 4.78 is 68.6. The Labute approximate surface area is 642 Å². The standard InChI is InChI=1S/C87H142O17P2/c1-5-9-13-17-21-25-29-32-35-38-40-43-46-49-53-56-60-64-68-72-85(90)98-78-83(104-87(92)74-70-66-62-58-54-50-47-44-41-39-36-33-30-26-22-18-14-10-6-2)80-102-106(95,96)100-76-81(88)75-99-105(93,94)101-79-82(103-86(91)73-69-65-61-57-51-28-24-20-16-12-8-4)77-97-84(89)71-67-63-59-55-52-48-45-42-37-34-31-27-23-19-15-11-7-3/h9-11,13-15,20-27,32-37,40-41,43-45,48-49,53,81-83,88H,5-8,12,16-19,28-31,38-39,42,46-47,50-52,54-80H2,1-4H3,(H,93,94)(H,95,96)/b13-9-,14-10-,15-11-,24-20-,25-21-,26-22-,27-23-,35-32-,36-33-,37-34-,43-40-,44-41-,48-45-,53-49-. The first-order chi connectivity index (χ1) is 51.7. The number of phosphoric ester groups is 2. The molecule has 0 spiro atoms. The number of aliphatic hydroxyl groups is 1. The number of hydrogen-bond donors (Lipinski definition) is 3. The van der Waals surface area contributed by atoms with Crippen LogP contribution in [0.5, 0.6) is 0 Å². The monoisotopic (exact) mass is 1520 g/mol. The maximum absolute atomic E-state index is 13.1. The van der Waals surface area contributed by atoms with E-state index in [1.54, 1.807) is 0 Å². The number of esters is 4.